The highest BCUT2D eigenvalue weighted by molar-refractivity contribution is 9.10. The Balaban J connectivity index is 1.40. The third-order valence-electron chi connectivity index (χ3n) is 5.13. The summed E-state index contributed by atoms with van der Waals surface area (Å²) >= 11 is 3.48. The summed E-state index contributed by atoms with van der Waals surface area (Å²) in [5.41, 5.74) is 3.48. The van der Waals surface area contributed by atoms with Gasteiger partial charge in [0.05, 0.1) is 17.7 Å². The van der Waals surface area contributed by atoms with Gasteiger partial charge in [-0.15, -0.1) is 0 Å². The lowest BCUT2D eigenvalue weighted by molar-refractivity contribution is -0.0165. The van der Waals surface area contributed by atoms with Crippen molar-refractivity contribution in [2.45, 2.75) is 13.5 Å². The van der Waals surface area contributed by atoms with Crippen molar-refractivity contribution in [2.75, 3.05) is 6.79 Å². The molecule has 3 aromatic rings. The molecule has 0 aromatic heterocycles. The fourth-order valence-corrected chi connectivity index (χ4v) is 4.07. The first-order chi connectivity index (χ1) is 15.5. The van der Waals surface area contributed by atoms with Crippen molar-refractivity contribution in [2.24, 2.45) is 0 Å². The van der Waals surface area contributed by atoms with Crippen LogP contribution in [-0.2, 0) is 11.3 Å². The molecule has 5 rings (SSSR count). The zero-order valence-electron chi connectivity index (χ0n) is 17.0. The number of esters is 1. The van der Waals surface area contributed by atoms with Crippen LogP contribution < -0.4 is 14.2 Å². The van der Waals surface area contributed by atoms with Crippen LogP contribution in [0.1, 0.15) is 37.4 Å². The number of carbonyl (C=O) groups is 2. The van der Waals surface area contributed by atoms with Gasteiger partial charge in [0.15, 0.2) is 12.6 Å². The number of carbonyl (C=O) groups excluding carboxylic acids is 2. The molecule has 0 amide bonds. The molecular formula is C25H17BrO6. The Labute approximate surface area is 192 Å². The third kappa shape index (κ3) is 3.92. The molecule has 2 heterocycles. The van der Waals surface area contributed by atoms with Crippen molar-refractivity contribution in [1.29, 1.82) is 0 Å². The highest BCUT2D eigenvalue weighted by Gasteiger charge is 2.29. The highest BCUT2D eigenvalue weighted by atomic mass is 79.9. The summed E-state index contributed by atoms with van der Waals surface area (Å²) in [6, 6.07) is 15.6. The molecule has 6 nitrogen and oxygen atoms in total. The minimum atomic E-state index is -0.481. The molecule has 0 saturated carbocycles. The Morgan fingerprint density at radius 1 is 1.09 bits per heavy atom. The van der Waals surface area contributed by atoms with Crippen molar-refractivity contribution in [1.82, 2.24) is 0 Å². The summed E-state index contributed by atoms with van der Waals surface area (Å²) < 4.78 is 23.1. The number of benzene rings is 3. The number of fused-ring (bicyclic) bond motifs is 2. The largest absolute Gasteiger partial charge is 0.467 e. The Morgan fingerprint density at radius 3 is 2.72 bits per heavy atom. The summed E-state index contributed by atoms with van der Waals surface area (Å²) in [5, 5.41) is 0. The standard InChI is InChI=1S/C25H17BrO6/c1-14-2-4-15(5-3-14)25(28)31-19-6-7-20-21(11-19)32-22(23(20)27)10-16-8-18(26)9-17-12-29-13-30-24(16)17/h2-11H,12-13H2,1H3. The second-order valence-electron chi connectivity index (χ2n) is 7.45. The van der Waals surface area contributed by atoms with Gasteiger partial charge in [-0.3, -0.25) is 4.79 Å². The van der Waals surface area contributed by atoms with Crippen molar-refractivity contribution in [3.05, 3.63) is 92.6 Å². The fourth-order valence-electron chi connectivity index (χ4n) is 3.54. The molecular weight excluding hydrogens is 476 g/mol. The van der Waals surface area contributed by atoms with Crippen LogP contribution in [0, 0.1) is 6.92 Å². The van der Waals surface area contributed by atoms with Crippen LogP contribution in [0.5, 0.6) is 17.2 Å². The van der Waals surface area contributed by atoms with E-state index < -0.39 is 5.97 Å². The number of hydrogen-bond donors (Lipinski definition) is 0. The van der Waals surface area contributed by atoms with Crippen LogP contribution in [0.4, 0.5) is 0 Å². The van der Waals surface area contributed by atoms with Gasteiger partial charge in [-0.25, -0.2) is 4.79 Å². The first kappa shape index (κ1) is 20.5. The SMILES string of the molecule is Cc1ccc(C(=O)Oc2ccc3c(c2)OC(=Cc2cc(Br)cc4c2OCOC4)C3=O)cc1. The fraction of sp³-hybridized carbons (Fsp3) is 0.120. The van der Waals surface area contributed by atoms with Crippen molar-refractivity contribution in [3.8, 4) is 17.2 Å². The maximum atomic E-state index is 12.9. The minimum absolute atomic E-state index is 0.148. The number of ether oxygens (including phenoxy) is 4. The lowest BCUT2D eigenvalue weighted by Gasteiger charge is -2.20. The number of Topliss-reactive ketones (excluding diaryl/α,β-unsaturated/α-hetero) is 1. The molecule has 2 aliphatic heterocycles. The molecule has 2 aliphatic rings. The van der Waals surface area contributed by atoms with Crippen LogP contribution in [-0.4, -0.2) is 18.5 Å². The van der Waals surface area contributed by atoms with Crippen molar-refractivity contribution >= 4 is 33.8 Å². The summed E-state index contributed by atoms with van der Waals surface area (Å²) in [4.78, 5) is 25.3. The molecule has 0 unspecified atom stereocenters. The molecule has 0 spiro atoms. The van der Waals surface area contributed by atoms with Gasteiger partial charge < -0.3 is 18.9 Å². The van der Waals surface area contributed by atoms with E-state index in [4.69, 9.17) is 18.9 Å². The minimum Gasteiger partial charge on any atom is -0.467 e. The third-order valence-corrected chi connectivity index (χ3v) is 5.59. The molecule has 0 atom stereocenters. The molecule has 0 N–H and O–H groups in total. The van der Waals surface area contributed by atoms with Gasteiger partial charge >= 0.3 is 5.97 Å². The lowest BCUT2D eigenvalue weighted by atomic mass is 10.1. The molecule has 0 aliphatic carbocycles. The van der Waals surface area contributed by atoms with E-state index in [1.807, 2.05) is 31.2 Å². The first-order valence-electron chi connectivity index (χ1n) is 9.88. The number of allylic oxidation sites excluding steroid dienone is 1. The average Bonchev–Trinajstić information content (AvgIpc) is 3.08. The average molecular weight is 493 g/mol. The molecule has 0 fully saturated rings. The van der Waals surface area contributed by atoms with E-state index in [9.17, 15) is 9.59 Å². The van der Waals surface area contributed by atoms with E-state index >= 15 is 0 Å². The van der Waals surface area contributed by atoms with Crippen LogP contribution >= 0.6 is 15.9 Å². The number of halogens is 1. The second kappa shape index (κ2) is 8.26. The summed E-state index contributed by atoms with van der Waals surface area (Å²) in [6.07, 6.45) is 1.65. The molecule has 3 aromatic carbocycles. The van der Waals surface area contributed by atoms with E-state index in [0.717, 1.165) is 15.6 Å². The number of hydrogen-bond acceptors (Lipinski definition) is 6. The monoisotopic (exact) mass is 492 g/mol. The van der Waals surface area contributed by atoms with Gasteiger partial charge in [0.2, 0.25) is 5.78 Å². The Kier molecular flexibility index (Phi) is 5.28. The van der Waals surface area contributed by atoms with Crippen LogP contribution in [0.25, 0.3) is 6.08 Å². The second-order valence-corrected chi connectivity index (χ2v) is 8.36. The van der Waals surface area contributed by atoms with Crippen molar-refractivity contribution in [3.63, 3.8) is 0 Å². The predicted octanol–water partition coefficient (Wildman–Crippen LogP) is 5.46. The Bertz CT molecular complexity index is 1280. The number of aryl methyl sites for hydroxylation is 1. The van der Waals surface area contributed by atoms with Crippen LogP contribution in [0.15, 0.2) is 64.8 Å². The summed E-state index contributed by atoms with van der Waals surface area (Å²) in [5.74, 6) is 0.721. The molecule has 0 saturated heterocycles. The first-order valence-corrected chi connectivity index (χ1v) is 10.7. The van der Waals surface area contributed by atoms with Crippen molar-refractivity contribution < 1.29 is 28.5 Å². The zero-order valence-corrected chi connectivity index (χ0v) is 18.6. The zero-order chi connectivity index (χ0) is 22.2. The molecule has 0 radical (unpaired) electrons. The van der Waals surface area contributed by atoms with Gasteiger partial charge in [-0.1, -0.05) is 33.6 Å². The van der Waals surface area contributed by atoms with Gasteiger partial charge in [0.1, 0.15) is 17.2 Å². The Morgan fingerprint density at radius 2 is 1.91 bits per heavy atom. The maximum absolute atomic E-state index is 12.9. The van der Waals surface area contributed by atoms with E-state index in [2.05, 4.69) is 15.9 Å². The van der Waals surface area contributed by atoms with E-state index in [-0.39, 0.29) is 18.3 Å². The maximum Gasteiger partial charge on any atom is 0.343 e. The topological polar surface area (TPSA) is 71.1 Å². The van der Waals surface area contributed by atoms with Gasteiger partial charge in [-0.05, 0) is 49.4 Å². The van der Waals surface area contributed by atoms with Crippen LogP contribution in [0.2, 0.25) is 0 Å². The van der Waals surface area contributed by atoms with Crippen LogP contribution in [0.3, 0.4) is 0 Å². The lowest BCUT2D eigenvalue weighted by Crippen LogP contribution is -2.12. The molecule has 0 bridgehead atoms. The van der Waals surface area contributed by atoms with Gasteiger partial charge in [0.25, 0.3) is 0 Å². The molecule has 7 heteroatoms. The van der Waals surface area contributed by atoms with E-state index in [0.29, 0.717) is 40.5 Å². The highest BCUT2D eigenvalue weighted by Crippen LogP contribution is 2.38. The van der Waals surface area contributed by atoms with Gasteiger partial charge in [-0.2, -0.15) is 0 Å². The predicted molar refractivity (Wildman–Crippen MR) is 120 cm³/mol. The summed E-state index contributed by atoms with van der Waals surface area (Å²) in [7, 11) is 0. The van der Waals surface area contributed by atoms with Gasteiger partial charge in [0, 0.05) is 21.7 Å². The normalized spacial score (nSPS) is 15.6. The van der Waals surface area contributed by atoms with E-state index in [1.165, 1.54) is 0 Å². The molecule has 32 heavy (non-hydrogen) atoms. The molecule has 160 valence electrons. The summed E-state index contributed by atoms with van der Waals surface area (Å²) in [6.45, 7) is 2.52. The smallest absolute Gasteiger partial charge is 0.343 e. The Hall–Kier alpha value is -3.42. The number of rotatable bonds is 3. The quantitative estimate of drug-likeness (QED) is 0.274. The number of ketones is 1. The van der Waals surface area contributed by atoms with E-state index in [1.54, 1.807) is 36.4 Å².